The number of hydrogen-bond acceptors (Lipinski definition) is 5. The minimum atomic E-state index is -0.203. The number of carbonyl (C=O) groups is 1. The Bertz CT molecular complexity index is 747. The molecule has 1 aliphatic rings. The first kappa shape index (κ1) is 17.0. The molecule has 0 saturated carbocycles. The summed E-state index contributed by atoms with van der Waals surface area (Å²) in [5.41, 5.74) is -0.203. The fourth-order valence-electron chi connectivity index (χ4n) is 2.93. The van der Waals surface area contributed by atoms with Gasteiger partial charge in [-0.15, -0.1) is 0 Å². The lowest BCUT2D eigenvalue weighted by Crippen LogP contribution is -2.49. The second-order valence-corrected chi connectivity index (χ2v) is 6.01. The number of hydrogen-bond donors (Lipinski definition) is 2. The van der Waals surface area contributed by atoms with Crippen LogP contribution in [0.4, 0.5) is 5.82 Å². The van der Waals surface area contributed by atoms with Crippen molar-refractivity contribution in [3.05, 3.63) is 53.1 Å². The van der Waals surface area contributed by atoms with E-state index in [1.165, 1.54) is 6.20 Å². The summed E-state index contributed by atoms with van der Waals surface area (Å²) in [4.78, 5) is 32.7. The molecule has 2 heterocycles. The monoisotopic (exact) mass is 342 g/mol. The standard InChI is InChI=1S/C18H22N4O3/c23-16(8-12-25-15-6-2-1-3-7-15)21-14-5-4-11-22(13-14)17-18(24)20-10-9-19-17/h1-3,6-7,9-10,14H,4-5,8,11-13H2,(H,20,24)(H,21,23)/t14-/m0/s1. The lowest BCUT2D eigenvalue weighted by molar-refractivity contribution is -0.122. The Morgan fingerprint density at radius 3 is 3.00 bits per heavy atom. The minimum absolute atomic E-state index is 0.0133. The van der Waals surface area contributed by atoms with Gasteiger partial charge in [0.15, 0.2) is 5.82 Å². The van der Waals surface area contributed by atoms with Crippen LogP contribution in [0.3, 0.4) is 0 Å². The van der Waals surface area contributed by atoms with E-state index in [-0.39, 0.29) is 17.5 Å². The first-order chi connectivity index (χ1) is 12.2. The van der Waals surface area contributed by atoms with Crippen molar-refractivity contribution in [2.45, 2.75) is 25.3 Å². The van der Waals surface area contributed by atoms with Gasteiger partial charge in [0, 0.05) is 31.5 Å². The topological polar surface area (TPSA) is 87.3 Å². The zero-order valence-electron chi connectivity index (χ0n) is 14.0. The van der Waals surface area contributed by atoms with E-state index >= 15 is 0 Å². The molecule has 0 radical (unpaired) electrons. The Morgan fingerprint density at radius 1 is 1.36 bits per heavy atom. The van der Waals surface area contributed by atoms with Gasteiger partial charge >= 0.3 is 0 Å². The molecule has 1 aliphatic heterocycles. The molecule has 0 aliphatic carbocycles. The predicted octanol–water partition coefficient (Wildman–Crippen LogP) is 1.32. The van der Waals surface area contributed by atoms with Gasteiger partial charge in [0.25, 0.3) is 5.56 Å². The molecule has 0 bridgehead atoms. The number of H-pyrrole nitrogens is 1. The molecule has 1 saturated heterocycles. The largest absolute Gasteiger partial charge is 0.493 e. The van der Waals surface area contributed by atoms with Crippen LogP contribution in [0.25, 0.3) is 0 Å². The van der Waals surface area contributed by atoms with Crippen LogP contribution in [0.1, 0.15) is 19.3 Å². The summed E-state index contributed by atoms with van der Waals surface area (Å²) in [5, 5.41) is 3.02. The number of aromatic amines is 1. The van der Waals surface area contributed by atoms with Crippen LogP contribution in [-0.2, 0) is 4.79 Å². The molecular formula is C18H22N4O3. The average molecular weight is 342 g/mol. The van der Waals surface area contributed by atoms with E-state index in [0.717, 1.165) is 25.1 Å². The molecule has 1 amide bonds. The third kappa shape index (κ3) is 4.82. The van der Waals surface area contributed by atoms with Crippen molar-refractivity contribution in [2.75, 3.05) is 24.6 Å². The first-order valence-corrected chi connectivity index (χ1v) is 8.48. The van der Waals surface area contributed by atoms with Gasteiger partial charge in [-0.2, -0.15) is 0 Å². The van der Waals surface area contributed by atoms with Gasteiger partial charge in [0.1, 0.15) is 5.75 Å². The van der Waals surface area contributed by atoms with Crippen LogP contribution >= 0.6 is 0 Å². The summed E-state index contributed by atoms with van der Waals surface area (Å²) in [5.74, 6) is 1.13. The maximum atomic E-state index is 12.1. The van der Waals surface area contributed by atoms with E-state index in [0.29, 0.717) is 25.4 Å². The van der Waals surface area contributed by atoms with Crippen molar-refractivity contribution in [3.8, 4) is 5.75 Å². The molecule has 2 N–H and O–H groups in total. The summed E-state index contributed by atoms with van der Waals surface area (Å²) in [6.45, 7) is 1.70. The molecule has 7 heteroatoms. The Labute approximate surface area is 146 Å². The Balaban J connectivity index is 1.46. The number of ether oxygens (including phenoxy) is 1. The number of benzene rings is 1. The second kappa shape index (κ2) is 8.32. The van der Waals surface area contributed by atoms with Gasteiger partial charge in [0.05, 0.1) is 13.0 Å². The summed E-state index contributed by atoms with van der Waals surface area (Å²) < 4.78 is 5.55. The number of rotatable bonds is 6. The number of anilines is 1. The Kier molecular flexibility index (Phi) is 5.66. The number of carbonyl (C=O) groups excluding carboxylic acids is 1. The highest BCUT2D eigenvalue weighted by Gasteiger charge is 2.23. The van der Waals surface area contributed by atoms with Crippen LogP contribution in [0.2, 0.25) is 0 Å². The lowest BCUT2D eigenvalue weighted by atomic mass is 10.1. The Hall–Kier alpha value is -2.83. The fourth-order valence-corrected chi connectivity index (χ4v) is 2.93. The molecule has 25 heavy (non-hydrogen) atoms. The number of nitrogens with zero attached hydrogens (tertiary/aromatic N) is 2. The van der Waals surface area contributed by atoms with Crippen molar-refractivity contribution in [1.29, 1.82) is 0 Å². The fraction of sp³-hybridized carbons (Fsp3) is 0.389. The van der Waals surface area contributed by atoms with Gasteiger partial charge in [-0.3, -0.25) is 9.59 Å². The Morgan fingerprint density at radius 2 is 2.20 bits per heavy atom. The third-order valence-electron chi connectivity index (χ3n) is 4.12. The highest BCUT2D eigenvalue weighted by Crippen LogP contribution is 2.14. The maximum absolute atomic E-state index is 12.1. The summed E-state index contributed by atoms with van der Waals surface area (Å²) in [7, 11) is 0. The lowest BCUT2D eigenvalue weighted by Gasteiger charge is -2.33. The summed E-state index contributed by atoms with van der Waals surface area (Å²) in [6, 6.07) is 9.44. The highest BCUT2D eigenvalue weighted by molar-refractivity contribution is 5.76. The van der Waals surface area contributed by atoms with Crippen LogP contribution in [0, 0.1) is 0 Å². The zero-order valence-corrected chi connectivity index (χ0v) is 14.0. The molecule has 1 fully saturated rings. The van der Waals surface area contributed by atoms with Crippen molar-refractivity contribution in [3.63, 3.8) is 0 Å². The molecule has 2 aromatic rings. The maximum Gasteiger partial charge on any atom is 0.290 e. The van der Waals surface area contributed by atoms with Crippen molar-refractivity contribution in [1.82, 2.24) is 15.3 Å². The number of amides is 1. The average Bonchev–Trinajstić information content (AvgIpc) is 2.63. The van der Waals surface area contributed by atoms with E-state index in [4.69, 9.17) is 4.74 Å². The molecule has 1 aromatic carbocycles. The smallest absolute Gasteiger partial charge is 0.290 e. The van der Waals surface area contributed by atoms with Gasteiger partial charge in [-0.25, -0.2) is 4.98 Å². The second-order valence-electron chi connectivity index (χ2n) is 6.01. The molecule has 0 unspecified atom stereocenters. The molecule has 1 atom stereocenters. The number of nitrogens with one attached hydrogen (secondary N) is 2. The molecular weight excluding hydrogens is 320 g/mol. The molecule has 0 spiro atoms. The van der Waals surface area contributed by atoms with Gasteiger partial charge in [-0.1, -0.05) is 18.2 Å². The van der Waals surface area contributed by atoms with Crippen LogP contribution < -0.4 is 20.5 Å². The number of piperidine rings is 1. The van der Waals surface area contributed by atoms with Crippen LogP contribution in [0.5, 0.6) is 5.75 Å². The molecule has 132 valence electrons. The van der Waals surface area contributed by atoms with Crippen LogP contribution in [-0.4, -0.2) is 41.6 Å². The third-order valence-corrected chi connectivity index (χ3v) is 4.12. The van der Waals surface area contributed by atoms with Gasteiger partial charge in [-0.05, 0) is 25.0 Å². The molecule has 7 nitrogen and oxygen atoms in total. The van der Waals surface area contributed by atoms with E-state index < -0.39 is 0 Å². The van der Waals surface area contributed by atoms with E-state index in [1.54, 1.807) is 6.20 Å². The normalized spacial score (nSPS) is 17.1. The van der Waals surface area contributed by atoms with Gasteiger partial charge in [0.2, 0.25) is 5.91 Å². The van der Waals surface area contributed by atoms with Crippen LogP contribution in [0.15, 0.2) is 47.5 Å². The summed E-state index contributed by atoms with van der Waals surface area (Å²) in [6.07, 6.45) is 5.19. The quantitative estimate of drug-likeness (QED) is 0.827. The summed E-state index contributed by atoms with van der Waals surface area (Å²) >= 11 is 0. The SMILES string of the molecule is O=C(CCOc1ccccc1)N[C@H]1CCCN(c2ncc[nH]c2=O)C1. The molecule has 3 rings (SSSR count). The van der Waals surface area contributed by atoms with Gasteiger partial charge < -0.3 is 19.9 Å². The number of aromatic nitrogens is 2. The predicted molar refractivity (Wildman–Crippen MR) is 94.8 cm³/mol. The van der Waals surface area contributed by atoms with Crippen molar-refractivity contribution >= 4 is 11.7 Å². The first-order valence-electron chi connectivity index (χ1n) is 8.48. The minimum Gasteiger partial charge on any atom is -0.493 e. The van der Waals surface area contributed by atoms with E-state index in [9.17, 15) is 9.59 Å². The molecule has 1 aromatic heterocycles. The van der Waals surface area contributed by atoms with Crippen molar-refractivity contribution < 1.29 is 9.53 Å². The zero-order chi connectivity index (χ0) is 17.5. The van der Waals surface area contributed by atoms with E-state index in [2.05, 4.69) is 15.3 Å². The highest BCUT2D eigenvalue weighted by atomic mass is 16.5. The van der Waals surface area contributed by atoms with Crippen molar-refractivity contribution in [2.24, 2.45) is 0 Å². The van der Waals surface area contributed by atoms with E-state index in [1.807, 2.05) is 35.2 Å². The number of para-hydroxylation sites is 1.